The number of nitrogens with one attached hydrogen (secondary N) is 1. The van der Waals surface area contributed by atoms with E-state index in [9.17, 15) is 0 Å². The van der Waals surface area contributed by atoms with Crippen LogP contribution in [0.4, 0.5) is 5.82 Å². The number of hydrogen-bond acceptors (Lipinski definition) is 5. The highest BCUT2D eigenvalue weighted by atomic mass is 16.3. The van der Waals surface area contributed by atoms with E-state index in [-0.39, 0.29) is 0 Å². The molecular weight excluding hydrogens is 302 g/mol. The fraction of sp³-hybridized carbons (Fsp3) is 0.278. The Kier molecular flexibility index (Phi) is 3.65. The summed E-state index contributed by atoms with van der Waals surface area (Å²) < 4.78 is 7.51. The third kappa shape index (κ3) is 2.82. The second-order valence-corrected chi connectivity index (χ2v) is 6.13. The lowest BCUT2D eigenvalue weighted by Crippen LogP contribution is -2.07. The van der Waals surface area contributed by atoms with Gasteiger partial charge in [-0.25, -0.2) is 14.5 Å². The molecule has 0 bridgehead atoms. The first-order valence-electron chi connectivity index (χ1n) is 8.13. The second-order valence-electron chi connectivity index (χ2n) is 6.13. The van der Waals surface area contributed by atoms with Crippen molar-refractivity contribution in [1.82, 2.24) is 19.6 Å². The van der Waals surface area contributed by atoms with Crippen LogP contribution in [0.3, 0.4) is 0 Å². The highest BCUT2D eigenvalue weighted by Crippen LogP contribution is 2.22. The van der Waals surface area contributed by atoms with Gasteiger partial charge in [0.1, 0.15) is 11.3 Å². The Bertz CT molecular complexity index is 985. The standard InChI is InChI=1S/C18H19N5O/c1-12(2)18-21-14-11-13(3-4-15(14)24-18)7-8-19-16-5-6-17-20-9-10-23(17)22-16/h3-6,9-12H,7-8H2,1-2H3,(H,19,22). The largest absolute Gasteiger partial charge is 0.440 e. The lowest BCUT2D eigenvalue weighted by atomic mass is 10.1. The molecule has 0 aliphatic carbocycles. The number of benzene rings is 1. The van der Waals surface area contributed by atoms with Crippen LogP contribution in [-0.2, 0) is 6.42 Å². The molecule has 0 amide bonds. The Balaban J connectivity index is 1.44. The lowest BCUT2D eigenvalue weighted by molar-refractivity contribution is 0.501. The van der Waals surface area contributed by atoms with E-state index in [1.165, 1.54) is 5.56 Å². The number of anilines is 1. The normalized spacial score (nSPS) is 11.6. The van der Waals surface area contributed by atoms with Gasteiger partial charge in [0.15, 0.2) is 17.1 Å². The van der Waals surface area contributed by atoms with Crippen LogP contribution >= 0.6 is 0 Å². The van der Waals surface area contributed by atoms with Gasteiger partial charge in [-0.1, -0.05) is 19.9 Å². The number of imidazole rings is 1. The topological polar surface area (TPSA) is 68.2 Å². The van der Waals surface area contributed by atoms with Gasteiger partial charge in [0.2, 0.25) is 0 Å². The summed E-state index contributed by atoms with van der Waals surface area (Å²) in [5.41, 5.74) is 3.84. The van der Waals surface area contributed by atoms with Gasteiger partial charge >= 0.3 is 0 Å². The minimum atomic E-state index is 0.298. The Morgan fingerprint density at radius 3 is 3.00 bits per heavy atom. The Labute approximate surface area is 139 Å². The third-order valence-electron chi connectivity index (χ3n) is 3.94. The number of nitrogens with zero attached hydrogens (tertiary/aromatic N) is 4. The smallest absolute Gasteiger partial charge is 0.198 e. The van der Waals surface area contributed by atoms with Crippen LogP contribution in [0, 0.1) is 0 Å². The molecule has 122 valence electrons. The molecule has 0 fully saturated rings. The first kappa shape index (κ1) is 14.7. The summed E-state index contributed by atoms with van der Waals surface area (Å²) in [6.07, 6.45) is 4.47. The number of rotatable bonds is 5. The van der Waals surface area contributed by atoms with Crippen molar-refractivity contribution in [2.45, 2.75) is 26.2 Å². The summed E-state index contributed by atoms with van der Waals surface area (Å²) in [6.45, 7) is 4.97. The van der Waals surface area contributed by atoms with E-state index in [1.807, 2.05) is 24.4 Å². The van der Waals surface area contributed by atoms with Crippen LogP contribution in [0.5, 0.6) is 0 Å². The molecule has 4 aromatic rings. The predicted molar refractivity (Wildman–Crippen MR) is 93.3 cm³/mol. The SMILES string of the molecule is CC(C)c1nc2cc(CCNc3ccc4nccn4n3)ccc2o1. The molecule has 1 aromatic carbocycles. The van der Waals surface area contributed by atoms with E-state index in [4.69, 9.17) is 4.42 Å². The highest BCUT2D eigenvalue weighted by Gasteiger charge is 2.09. The van der Waals surface area contributed by atoms with E-state index in [0.717, 1.165) is 41.4 Å². The summed E-state index contributed by atoms with van der Waals surface area (Å²) in [5.74, 6) is 1.93. The van der Waals surface area contributed by atoms with Gasteiger partial charge in [-0.05, 0) is 36.2 Å². The van der Waals surface area contributed by atoms with Gasteiger partial charge in [-0.15, -0.1) is 5.10 Å². The average molecular weight is 321 g/mol. The molecule has 4 rings (SSSR count). The second kappa shape index (κ2) is 5.96. The van der Waals surface area contributed by atoms with E-state index < -0.39 is 0 Å². The summed E-state index contributed by atoms with van der Waals surface area (Å²) >= 11 is 0. The van der Waals surface area contributed by atoms with Crippen molar-refractivity contribution in [2.24, 2.45) is 0 Å². The molecule has 24 heavy (non-hydrogen) atoms. The van der Waals surface area contributed by atoms with Crippen molar-refractivity contribution >= 4 is 22.6 Å². The summed E-state index contributed by atoms with van der Waals surface area (Å²) in [7, 11) is 0. The van der Waals surface area contributed by atoms with Crippen LogP contribution in [0.2, 0.25) is 0 Å². The molecule has 1 N–H and O–H groups in total. The Morgan fingerprint density at radius 2 is 2.12 bits per heavy atom. The molecule has 6 nitrogen and oxygen atoms in total. The zero-order valence-corrected chi connectivity index (χ0v) is 13.7. The predicted octanol–water partition coefficient (Wildman–Crippen LogP) is 3.65. The molecule has 0 saturated heterocycles. The van der Waals surface area contributed by atoms with Crippen LogP contribution in [-0.4, -0.2) is 26.1 Å². The first-order chi connectivity index (χ1) is 11.7. The van der Waals surface area contributed by atoms with Gasteiger partial charge in [-0.2, -0.15) is 0 Å². The number of fused-ring (bicyclic) bond motifs is 2. The highest BCUT2D eigenvalue weighted by molar-refractivity contribution is 5.73. The Hall–Kier alpha value is -2.89. The van der Waals surface area contributed by atoms with Gasteiger partial charge in [0.25, 0.3) is 0 Å². The molecule has 0 radical (unpaired) electrons. The minimum absolute atomic E-state index is 0.298. The van der Waals surface area contributed by atoms with E-state index in [2.05, 4.69) is 46.4 Å². The van der Waals surface area contributed by atoms with E-state index in [1.54, 1.807) is 10.7 Å². The van der Waals surface area contributed by atoms with Crippen molar-refractivity contribution in [3.05, 3.63) is 54.2 Å². The van der Waals surface area contributed by atoms with Crippen molar-refractivity contribution in [3.63, 3.8) is 0 Å². The zero-order valence-electron chi connectivity index (χ0n) is 13.7. The fourth-order valence-corrected chi connectivity index (χ4v) is 2.64. The quantitative estimate of drug-likeness (QED) is 0.607. The van der Waals surface area contributed by atoms with Gasteiger partial charge in [-0.3, -0.25) is 0 Å². The molecule has 0 spiro atoms. The van der Waals surface area contributed by atoms with Gasteiger partial charge < -0.3 is 9.73 Å². The molecule has 0 atom stereocenters. The molecule has 0 aliphatic rings. The monoisotopic (exact) mass is 321 g/mol. The van der Waals surface area contributed by atoms with Crippen molar-refractivity contribution in [2.75, 3.05) is 11.9 Å². The maximum absolute atomic E-state index is 5.75. The van der Waals surface area contributed by atoms with Gasteiger partial charge in [0.05, 0.1) is 0 Å². The molecule has 0 unspecified atom stereocenters. The number of oxazole rings is 1. The maximum Gasteiger partial charge on any atom is 0.198 e. The minimum Gasteiger partial charge on any atom is -0.440 e. The number of hydrogen-bond donors (Lipinski definition) is 1. The van der Waals surface area contributed by atoms with Crippen molar-refractivity contribution < 1.29 is 4.42 Å². The molecule has 3 heterocycles. The van der Waals surface area contributed by atoms with E-state index in [0.29, 0.717) is 5.92 Å². The molecule has 0 saturated carbocycles. The van der Waals surface area contributed by atoms with Crippen LogP contribution in [0.1, 0.15) is 31.2 Å². The van der Waals surface area contributed by atoms with Crippen molar-refractivity contribution in [1.29, 1.82) is 0 Å². The van der Waals surface area contributed by atoms with Crippen molar-refractivity contribution in [3.8, 4) is 0 Å². The molecular formula is C18H19N5O. The summed E-state index contributed by atoms with van der Waals surface area (Å²) in [6, 6.07) is 10.1. The van der Waals surface area contributed by atoms with Crippen LogP contribution < -0.4 is 5.32 Å². The zero-order chi connectivity index (χ0) is 16.5. The Morgan fingerprint density at radius 1 is 1.21 bits per heavy atom. The number of aromatic nitrogens is 4. The maximum atomic E-state index is 5.75. The lowest BCUT2D eigenvalue weighted by Gasteiger charge is -2.05. The fourth-order valence-electron chi connectivity index (χ4n) is 2.64. The molecule has 0 aliphatic heterocycles. The van der Waals surface area contributed by atoms with E-state index >= 15 is 0 Å². The molecule has 3 aromatic heterocycles. The van der Waals surface area contributed by atoms with Crippen LogP contribution in [0.15, 0.2) is 47.1 Å². The summed E-state index contributed by atoms with van der Waals surface area (Å²) in [5, 5.41) is 7.80. The van der Waals surface area contributed by atoms with Gasteiger partial charge in [0, 0.05) is 24.9 Å². The third-order valence-corrected chi connectivity index (χ3v) is 3.94. The molecule has 6 heteroatoms. The summed E-state index contributed by atoms with van der Waals surface area (Å²) in [4.78, 5) is 8.75. The first-order valence-corrected chi connectivity index (χ1v) is 8.13. The average Bonchev–Trinajstić information content (AvgIpc) is 3.20. The van der Waals surface area contributed by atoms with Crippen LogP contribution in [0.25, 0.3) is 16.7 Å².